The van der Waals surface area contributed by atoms with E-state index in [0.29, 0.717) is 23.1 Å². The summed E-state index contributed by atoms with van der Waals surface area (Å²) in [5.41, 5.74) is 6.26. The molecule has 0 bridgehead atoms. The fourth-order valence-corrected chi connectivity index (χ4v) is 4.72. The van der Waals surface area contributed by atoms with Gasteiger partial charge in [0.15, 0.2) is 0 Å². The molecule has 21 heavy (non-hydrogen) atoms. The summed E-state index contributed by atoms with van der Waals surface area (Å²) in [5.74, 6) is 0.262. The first-order valence-corrected chi connectivity index (χ1v) is 8.62. The molecule has 0 amide bonds. The number of ether oxygens (including phenoxy) is 1. The molecule has 0 unspecified atom stereocenters. The predicted octanol–water partition coefficient (Wildman–Crippen LogP) is 0.882. The fourth-order valence-electron chi connectivity index (χ4n) is 2.15. The van der Waals surface area contributed by atoms with Crippen LogP contribution in [-0.2, 0) is 14.8 Å². The van der Waals surface area contributed by atoms with E-state index in [1.807, 2.05) is 0 Å². The van der Waals surface area contributed by atoms with Gasteiger partial charge in [-0.05, 0) is 11.4 Å². The van der Waals surface area contributed by atoms with Crippen LogP contribution < -0.4 is 5.73 Å². The molecular weight excluding hydrogens is 312 g/mol. The van der Waals surface area contributed by atoms with Gasteiger partial charge in [-0.25, -0.2) is 13.4 Å². The second kappa shape index (κ2) is 5.68. The number of morpholine rings is 1. The third-order valence-corrected chi connectivity index (χ3v) is 6.42. The zero-order valence-electron chi connectivity index (χ0n) is 11.0. The second-order valence-electron chi connectivity index (χ2n) is 4.48. The SMILES string of the molecule is Nc1nccnc1[C@H]1CN(S(=O)(=O)c2cccs2)CCO1. The number of hydrogen-bond acceptors (Lipinski definition) is 7. The van der Waals surface area contributed by atoms with Crippen molar-refractivity contribution in [1.82, 2.24) is 14.3 Å². The van der Waals surface area contributed by atoms with Gasteiger partial charge in [-0.1, -0.05) is 6.07 Å². The number of nitrogen functional groups attached to an aromatic ring is 1. The molecule has 2 N–H and O–H groups in total. The highest BCUT2D eigenvalue weighted by Crippen LogP contribution is 2.28. The molecule has 2 aromatic heterocycles. The summed E-state index contributed by atoms with van der Waals surface area (Å²) in [6.45, 7) is 0.797. The van der Waals surface area contributed by atoms with Gasteiger partial charge in [-0.2, -0.15) is 4.31 Å². The minimum atomic E-state index is -3.49. The quantitative estimate of drug-likeness (QED) is 0.899. The minimum absolute atomic E-state index is 0.184. The third kappa shape index (κ3) is 2.77. The lowest BCUT2D eigenvalue weighted by molar-refractivity contribution is -0.00459. The maximum absolute atomic E-state index is 12.5. The third-order valence-electron chi connectivity index (χ3n) is 3.18. The zero-order chi connectivity index (χ0) is 14.9. The van der Waals surface area contributed by atoms with Gasteiger partial charge in [-0.3, -0.25) is 4.98 Å². The molecule has 2 aromatic rings. The van der Waals surface area contributed by atoms with E-state index in [-0.39, 0.29) is 12.4 Å². The van der Waals surface area contributed by atoms with Crippen LogP contribution in [0.5, 0.6) is 0 Å². The Bertz CT molecular complexity index is 718. The van der Waals surface area contributed by atoms with Crippen LogP contribution in [0.4, 0.5) is 5.82 Å². The van der Waals surface area contributed by atoms with Crippen molar-refractivity contribution < 1.29 is 13.2 Å². The van der Waals surface area contributed by atoms with Crippen molar-refractivity contribution in [3.63, 3.8) is 0 Å². The summed E-state index contributed by atoms with van der Waals surface area (Å²) in [5, 5.41) is 1.74. The first kappa shape index (κ1) is 14.4. The molecule has 0 aliphatic carbocycles. The van der Waals surface area contributed by atoms with Gasteiger partial charge in [-0.15, -0.1) is 11.3 Å². The predicted molar refractivity (Wildman–Crippen MR) is 78.2 cm³/mol. The fraction of sp³-hybridized carbons (Fsp3) is 0.333. The Labute approximate surface area is 126 Å². The van der Waals surface area contributed by atoms with E-state index in [1.54, 1.807) is 17.5 Å². The molecule has 9 heteroatoms. The summed E-state index contributed by atoms with van der Waals surface area (Å²) < 4.78 is 32.4. The maximum Gasteiger partial charge on any atom is 0.252 e. The Morgan fingerprint density at radius 2 is 2.19 bits per heavy atom. The Morgan fingerprint density at radius 3 is 2.90 bits per heavy atom. The number of sulfonamides is 1. The summed E-state index contributed by atoms with van der Waals surface area (Å²) in [6.07, 6.45) is 2.51. The van der Waals surface area contributed by atoms with E-state index in [0.717, 1.165) is 0 Å². The maximum atomic E-state index is 12.5. The molecule has 0 saturated carbocycles. The Kier molecular flexibility index (Phi) is 3.89. The van der Waals surface area contributed by atoms with Crippen molar-refractivity contribution in [3.05, 3.63) is 35.6 Å². The molecular formula is C12H14N4O3S2. The number of thiophene rings is 1. The number of nitrogens with two attached hydrogens (primary N) is 1. The van der Waals surface area contributed by atoms with Crippen LogP contribution in [0.15, 0.2) is 34.1 Å². The van der Waals surface area contributed by atoms with E-state index in [1.165, 1.54) is 28.0 Å². The molecule has 1 saturated heterocycles. The van der Waals surface area contributed by atoms with Crippen LogP contribution in [0.25, 0.3) is 0 Å². The van der Waals surface area contributed by atoms with Gasteiger partial charge in [0.25, 0.3) is 10.0 Å². The second-order valence-corrected chi connectivity index (χ2v) is 7.59. The lowest BCUT2D eigenvalue weighted by Gasteiger charge is -2.31. The molecule has 1 fully saturated rings. The number of aromatic nitrogens is 2. The van der Waals surface area contributed by atoms with Gasteiger partial charge >= 0.3 is 0 Å². The monoisotopic (exact) mass is 326 g/mol. The van der Waals surface area contributed by atoms with E-state index in [2.05, 4.69) is 9.97 Å². The van der Waals surface area contributed by atoms with Crippen LogP contribution in [0.3, 0.4) is 0 Å². The lowest BCUT2D eigenvalue weighted by Crippen LogP contribution is -2.42. The summed E-state index contributed by atoms with van der Waals surface area (Å²) in [4.78, 5) is 8.11. The summed E-state index contributed by atoms with van der Waals surface area (Å²) >= 11 is 1.20. The number of rotatable bonds is 3. The highest BCUT2D eigenvalue weighted by molar-refractivity contribution is 7.91. The van der Waals surface area contributed by atoms with Crippen molar-refractivity contribution in [1.29, 1.82) is 0 Å². The zero-order valence-corrected chi connectivity index (χ0v) is 12.7. The van der Waals surface area contributed by atoms with Gasteiger partial charge < -0.3 is 10.5 Å². The van der Waals surface area contributed by atoms with Gasteiger partial charge in [0, 0.05) is 25.5 Å². The molecule has 1 atom stereocenters. The first-order valence-electron chi connectivity index (χ1n) is 6.30. The molecule has 3 rings (SSSR count). The van der Waals surface area contributed by atoms with E-state index < -0.39 is 16.1 Å². The van der Waals surface area contributed by atoms with Crippen molar-refractivity contribution in [2.75, 3.05) is 25.4 Å². The molecule has 7 nitrogen and oxygen atoms in total. The Balaban J connectivity index is 1.86. The number of nitrogens with zero attached hydrogens (tertiary/aromatic N) is 3. The smallest absolute Gasteiger partial charge is 0.252 e. The average Bonchev–Trinajstić information content (AvgIpc) is 3.03. The first-order chi connectivity index (χ1) is 10.1. The van der Waals surface area contributed by atoms with Crippen molar-refractivity contribution in [2.45, 2.75) is 10.3 Å². The van der Waals surface area contributed by atoms with Crippen molar-refractivity contribution >= 4 is 27.2 Å². The van der Waals surface area contributed by atoms with Crippen LogP contribution in [0, 0.1) is 0 Å². The molecule has 0 spiro atoms. The van der Waals surface area contributed by atoms with Crippen LogP contribution in [0.1, 0.15) is 11.8 Å². The van der Waals surface area contributed by atoms with Gasteiger partial charge in [0.2, 0.25) is 0 Å². The van der Waals surface area contributed by atoms with Crippen LogP contribution in [0.2, 0.25) is 0 Å². The van der Waals surface area contributed by atoms with Crippen molar-refractivity contribution in [3.8, 4) is 0 Å². The minimum Gasteiger partial charge on any atom is -0.382 e. The molecule has 0 radical (unpaired) electrons. The van der Waals surface area contributed by atoms with Crippen molar-refractivity contribution in [2.24, 2.45) is 0 Å². The standard InChI is InChI=1S/C12H14N4O3S2/c13-12-11(14-3-4-15-12)9-8-16(5-6-19-9)21(17,18)10-2-1-7-20-10/h1-4,7,9H,5-6,8H2,(H2,13,15)/t9-/m1/s1. The molecule has 1 aliphatic heterocycles. The molecule has 1 aliphatic rings. The van der Waals surface area contributed by atoms with Crippen LogP contribution >= 0.6 is 11.3 Å². The van der Waals surface area contributed by atoms with E-state index in [4.69, 9.17) is 10.5 Å². The number of anilines is 1. The molecule has 112 valence electrons. The topological polar surface area (TPSA) is 98.4 Å². The Hall–Kier alpha value is -1.55. The Morgan fingerprint density at radius 1 is 1.38 bits per heavy atom. The number of hydrogen-bond donors (Lipinski definition) is 1. The summed E-state index contributed by atoms with van der Waals surface area (Å²) in [7, 11) is -3.49. The largest absolute Gasteiger partial charge is 0.382 e. The lowest BCUT2D eigenvalue weighted by atomic mass is 10.2. The normalized spacial score (nSPS) is 20.5. The van der Waals surface area contributed by atoms with E-state index in [9.17, 15) is 8.42 Å². The molecule has 3 heterocycles. The summed E-state index contributed by atoms with van der Waals surface area (Å²) in [6, 6.07) is 3.32. The van der Waals surface area contributed by atoms with E-state index >= 15 is 0 Å². The van der Waals surface area contributed by atoms with Gasteiger partial charge in [0.1, 0.15) is 21.8 Å². The van der Waals surface area contributed by atoms with Crippen LogP contribution in [-0.4, -0.2) is 42.4 Å². The highest BCUT2D eigenvalue weighted by Gasteiger charge is 2.33. The molecule has 0 aromatic carbocycles. The highest BCUT2D eigenvalue weighted by atomic mass is 32.2. The van der Waals surface area contributed by atoms with Gasteiger partial charge in [0.05, 0.1) is 6.61 Å². The average molecular weight is 326 g/mol.